The normalized spacial score (nSPS) is 15.0. The van der Waals surface area contributed by atoms with Crippen LogP contribution < -0.4 is 10.6 Å². The highest BCUT2D eigenvalue weighted by atomic mass is 16.6. The molecule has 114 valence electrons. The van der Waals surface area contributed by atoms with E-state index in [4.69, 9.17) is 4.74 Å². The smallest absolute Gasteiger partial charge is 0.292 e. The number of hydrogen-bond acceptors (Lipinski definition) is 6. The maximum absolute atomic E-state index is 11.4. The molecule has 1 heterocycles. The highest BCUT2D eigenvalue weighted by molar-refractivity contribution is 5.95. The van der Waals surface area contributed by atoms with Gasteiger partial charge in [-0.15, -0.1) is 0 Å². The van der Waals surface area contributed by atoms with Crippen molar-refractivity contribution >= 4 is 23.0 Å². The second kappa shape index (κ2) is 6.51. The Morgan fingerprint density at radius 2 is 2.29 bits per heavy atom. The van der Waals surface area contributed by atoms with E-state index in [1.165, 1.54) is 19.2 Å². The fourth-order valence-electron chi connectivity index (χ4n) is 2.24. The molecule has 1 amide bonds. The van der Waals surface area contributed by atoms with E-state index in [0.717, 1.165) is 5.56 Å². The van der Waals surface area contributed by atoms with Crippen LogP contribution in [0.4, 0.5) is 17.1 Å². The van der Waals surface area contributed by atoms with Gasteiger partial charge in [0.2, 0.25) is 5.91 Å². The van der Waals surface area contributed by atoms with Crippen LogP contribution in [0, 0.1) is 10.1 Å². The summed E-state index contributed by atoms with van der Waals surface area (Å²) in [5.74, 6) is -0.113. The molecule has 0 aromatic heterocycles. The number of aliphatic hydroxyl groups is 1. The maximum atomic E-state index is 11.4. The lowest BCUT2D eigenvalue weighted by Crippen LogP contribution is -2.29. The summed E-state index contributed by atoms with van der Waals surface area (Å²) >= 11 is 0. The van der Waals surface area contributed by atoms with Gasteiger partial charge in [-0.05, 0) is 18.1 Å². The Balaban J connectivity index is 2.35. The molecule has 1 aromatic carbocycles. The van der Waals surface area contributed by atoms with Gasteiger partial charge in [-0.25, -0.2) is 0 Å². The van der Waals surface area contributed by atoms with Crippen LogP contribution in [0.25, 0.3) is 0 Å². The molecule has 0 bridgehead atoms. The second-order valence-electron chi connectivity index (χ2n) is 4.81. The standard InChI is InChI=1S/C13H17N3O5/c1-21-7-9(6-17)14-11-5-10-8(2-3-13(18)15-10)4-12(11)16(19)20/h4-5,9,14,17H,2-3,6-7H2,1H3,(H,15,18). The molecule has 1 aliphatic heterocycles. The van der Waals surface area contributed by atoms with E-state index in [0.29, 0.717) is 18.5 Å². The number of nitro groups is 1. The van der Waals surface area contributed by atoms with Gasteiger partial charge in [0.05, 0.1) is 24.2 Å². The number of carbonyl (C=O) groups excluding carboxylic acids is 1. The number of hydrogen-bond donors (Lipinski definition) is 3. The number of carbonyl (C=O) groups is 1. The monoisotopic (exact) mass is 295 g/mol. The van der Waals surface area contributed by atoms with Crippen molar-refractivity contribution in [2.75, 3.05) is 31.0 Å². The lowest BCUT2D eigenvalue weighted by Gasteiger charge is -2.21. The Kier molecular flexibility index (Phi) is 4.71. The van der Waals surface area contributed by atoms with E-state index in [1.807, 2.05) is 0 Å². The van der Waals surface area contributed by atoms with Gasteiger partial charge in [-0.1, -0.05) is 0 Å². The number of aliphatic hydroxyl groups excluding tert-OH is 1. The van der Waals surface area contributed by atoms with Crippen LogP contribution in [0.2, 0.25) is 0 Å². The molecule has 3 N–H and O–H groups in total. The fraction of sp³-hybridized carbons (Fsp3) is 0.462. The van der Waals surface area contributed by atoms with Crippen molar-refractivity contribution in [2.45, 2.75) is 18.9 Å². The summed E-state index contributed by atoms with van der Waals surface area (Å²) in [7, 11) is 1.48. The van der Waals surface area contributed by atoms with Crippen LogP contribution >= 0.6 is 0 Å². The highest BCUT2D eigenvalue weighted by Crippen LogP contribution is 2.34. The average Bonchev–Trinajstić information content (AvgIpc) is 2.45. The van der Waals surface area contributed by atoms with Crippen molar-refractivity contribution in [3.63, 3.8) is 0 Å². The minimum Gasteiger partial charge on any atom is -0.394 e. The van der Waals surface area contributed by atoms with Gasteiger partial charge in [0.15, 0.2) is 0 Å². The number of amides is 1. The van der Waals surface area contributed by atoms with E-state index in [1.54, 1.807) is 0 Å². The summed E-state index contributed by atoms with van der Waals surface area (Å²) in [6, 6.07) is 2.52. The third kappa shape index (κ3) is 3.47. The third-order valence-corrected chi connectivity index (χ3v) is 3.26. The van der Waals surface area contributed by atoms with E-state index in [-0.39, 0.29) is 30.5 Å². The average molecular weight is 295 g/mol. The van der Waals surface area contributed by atoms with Crippen LogP contribution in [-0.2, 0) is 16.0 Å². The zero-order chi connectivity index (χ0) is 15.4. The summed E-state index contributed by atoms with van der Waals surface area (Å²) in [5, 5.41) is 26.0. The predicted octanol–water partition coefficient (Wildman–Crippen LogP) is 0.899. The van der Waals surface area contributed by atoms with Crippen molar-refractivity contribution in [1.82, 2.24) is 0 Å². The zero-order valence-electron chi connectivity index (χ0n) is 11.6. The number of methoxy groups -OCH3 is 1. The minimum atomic E-state index is -0.486. The SMILES string of the molecule is COCC(CO)Nc1cc2c(cc1[N+](=O)[O-])CCC(=O)N2. The van der Waals surface area contributed by atoms with Crippen molar-refractivity contribution in [1.29, 1.82) is 0 Å². The topological polar surface area (TPSA) is 114 Å². The molecule has 8 heteroatoms. The first-order chi connectivity index (χ1) is 10.0. The zero-order valence-corrected chi connectivity index (χ0v) is 11.6. The van der Waals surface area contributed by atoms with Crippen LogP contribution in [0.15, 0.2) is 12.1 Å². The van der Waals surface area contributed by atoms with Crippen molar-refractivity contribution in [3.8, 4) is 0 Å². The summed E-state index contributed by atoms with van der Waals surface area (Å²) < 4.78 is 4.94. The Hall–Kier alpha value is -2.19. The highest BCUT2D eigenvalue weighted by Gasteiger charge is 2.23. The molecule has 8 nitrogen and oxygen atoms in total. The lowest BCUT2D eigenvalue weighted by molar-refractivity contribution is -0.384. The van der Waals surface area contributed by atoms with Crippen molar-refractivity contribution in [2.24, 2.45) is 0 Å². The number of rotatable bonds is 6. The molecule has 0 fully saturated rings. The molecule has 1 atom stereocenters. The summed E-state index contributed by atoms with van der Waals surface area (Å²) in [5.41, 5.74) is 1.46. The molecule has 0 aliphatic carbocycles. The van der Waals surface area contributed by atoms with Gasteiger partial charge in [0, 0.05) is 25.3 Å². The van der Waals surface area contributed by atoms with Crippen LogP contribution in [0.5, 0.6) is 0 Å². The Morgan fingerprint density at radius 1 is 1.52 bits per heavy atom. The Labute approximate surface area is 121 Å². The number of anilines is 2. The largest absolute Gasteiger partial charge is 0.394 e. The first-order valence-corrected chi connectivity index (χ1v) is 6.52. The number of nitrogens with zero attached hydrogens (tertiary/aromatic N) is 1. The van der Waals surface area contributed by atoms with Crippen LogP contribution in [0.3, 0.4) is 0 Å². The summed E-state index contributed by atoms with van der Waals surface area (Å²) in [6.45, 7) is -0.0223. The number of fused-ring (bicyclic) bond motifs is 1. The lowest BCUT2D eigenvalue weighted by atomic mass is 10.0. The molecule has 0 saturated carbocycles. The van der Waals surface area contributed by atoms with Gasteiger partial charge >= 0.3 is 0 Å². The molecule has 0 saturated heterocycles. The van der Waals surface area contributed by atoms with E-state index >= 15 is 0 Å². The molecular formula is C13H17N3O5. The van der Waals surface area contributed by atoms with E-state index < -0.39 is 11.0 Å². The number of benzene rings is 1. The molecule has 1 aromatic rings. The number of nitrogens with one attached hydrogen (secondary N) is 2. The van der Waals surface area contributed by atoms with Gasteiger partial charge in [-0.3, -0.25) is 14.9 Å². The molecule has 0 spiro atoms. The second-order valence-corrected chi connectivity index (χ2v) is 4.81. The number of ether oxygens (including phenoxy) is 1. The van der Waals surface area contributed by atoms with Crippen molar-refractivity contribution in [3.05, 3.63) is 27.8 Å². The van der Waals surface area contributed by atoms with Gasteiger partial charge in [0.25, 0.3) is 5.69 Å². The molecular weight excluding hydrogens is 278 g/mol. The molecule has 1 aliphatic rings. The molecule has 2 rings (SSSR count). The number of aryl methyl sites for hydroxylation is 1. The predicted molar refractivity (Wildman–Crippen MR) is 76.4 cm³/mol. The van der Waals surface area contributed by atoms with Crippen molar-refractivity contribution < 1.29 is 19.6 Å². The molecule has 1 unspecified atom stereocenters. The fourth-order valence-corrected chi connectivity index (χ4v) is 2.24. The third-order valence-electron chi connectivity index (χ3n) is 3.26. The Bertz CT molecular complexity index is 561. The van der Waals surface area contributed by atoms with Gasteiger partial charge in [0.1, 0.15) is 5.69 Å². The van der Waals surface area contributed by atoms with E-state index in [2.05, 4.69) is 10.6 Å². The number of nitro benzene ring substituents is 1. The quantitative estimate of drug-likeness (QED) is 0.530. The van der Waals surface area contributed by atoms with Crippen LogP contribution in [-0.4, -0.2) is 42.3 Å². The van der Waals surface area contributed by atoms with Gasteiger partial charge in [-0.2, -0.15) is 0 Å². The summed E-state index contributed by atoms with van der Waals surface area (Å²) in [6.07, 6.45) is 0.795. The first-order valence-electron chi connectivity index (χ1n) is 6.52. The Morgan fingerprint density at radius 3 is 2.90 bits per heavy atom. The molecule has 0 radical (unpaired) electrons. The molecule has 21 heavy (non-hydrogen) atoms. The van der Waals surface area contributed by atoms with Gasteiger partial charge < -0.3 is 20.5 Å². The van der Waals surface area contributed by atoms with E-state index in [9.17, 15) is 20.0 Å². The first kappa shape index (κ1) is 15.2. The maximum Gasteiger partial charge on any atom is 0.292 e. The summed E-state index contributed by atoms with van der Waals surface area (Å²) in [4.78, 5) is 22.1. The minimum absolute atomic E-state index is 0.0838. The van der Waals surface area contributed by atoms with Crippen LogP contribution in [0.1, 0.15) is 12.0 Å².